The standard InChI is InChI=1S/C12H15F4NO2S/c1-12(2,3)20(18,19)5-4-17-11-9(15)7(13)6-8(14)10(11)16/h6,17H,4-5H2,1-3H3. The van der Waals surface area contributed by atoms with Crippen molar-refractivity contribution in [2.45, 2.75) is 25.5 Å². The molecule has 1 aromatic carbocycles. The highest BCUT2D eigenvalue weighted by Crippen LogP contribution is 2.24. The molecule has 0 aromatic heterocycles. The Kier molecular flexibility index (Phi) is 4.68. The molecule has 3 nitrogen and oxygen atoms in total. The van der Waals surface area contributed by atoms with Crippen LogP contribution in [0.1, 0.15) is 20.8 Å². The van der Waals surface area contributed by atoms with E-state index in [1.165, 1.54) is 20.8 Å². The Balaban J connectivity index is 2.88. The number of anilines is 1. The molecule has 1 N–H and O–H groups in total. The summed E-state index contributed by atoms with van der Waals surface area (Å²) in [6.07, 6.45) is 0. The van der Waals surface area contributed by atoms with E-state index in [0.717, 1.165) is 0 Å². The summed E-state index contributed by atoms with van der Waals surface area (Å²) in [5.74, 6) is -6.70. The summed E-state index contributed by atoms with van der Waals surface area (Å²) in [4.78, 5) is 0. The Bertz CT molecular complexity index is 583. The molecule has 0 aliphatic heterocycles. The third kappa shape index (κ3) is 3.41. The number of sulfone groups is 1. The van der Waals surface area contributed by atoms with Gasteiger partial charge in [-0.1, -0.05) is 0 Å². The molecule has 1 aromatic rings. The van der Waals surface area contributed by atoms with Gasteiger partial charge in [-0.05, 0) is 20.8 Å². The predicted octanol–water partition coefficient (Wildman–Crippen LogP) is 2.87. The number of hydrogen-bond donors (Lipinski definition) is 1. The van der Waals surface area contributed by atoms with Gasteiger partial charge >= 0.3 is 0 Å². The second-order valence-electron chi connectivity index (χ2n) is 5.20. The molecular formula is C12H15F4NO2S. The van der Waals surface area contributed by atoms with Gasteiger partial charge in [0, 0.05) is 12.6 Å². The molecule has 0 amide bonds. The second kappa shape index (κ2) is 5.59. The molecule has 0 atom stereocenters. The quantitative estimate of drug-likeness (QED) is 0.687. The molecule has 0 unspecified atom stereocenters. The van der Waals surface area contributed by atoms with Gasteiger partial charge in [0.15, 0.2) is 33.1 Å². The topological polar surface area (TPSA) is 46.2 Å². The van der Waals surface area contributed by atoms with Crippen LogP contribution in [0, 0.1) is 23.3 Å². The average Bonchev–Trinajstić information content (AvgIpc) is 2.29. The van der Waals surface area contributed by atoms with Crippen molar-refractivity contribution < 1.29 is 26.0 Å². The van der Waals surface area contributed by atoms with Crippen LogP contribution in [0.3, 0.4) is 0 Å². The van der Waals surface area contributed by atoms with E-state index in [1.54, 1.807) is 0 Å². The minimum Gasteiger partial charge on any atom is -0.379 e. The first-order chi connectivity index (χ1) is 8.97. The first kappa shape index (κ1) is 16.7. The van der Waals surface area contributed by atoms with E-state index in [0.29, 0.717) is 0 Å². The smallest absolute Gasteiger partial charge is 0.185 e. The summed E-state index contributed by atoms with van der Waals surface area (Å²) >= 11 is 0. The SMILES string of the molecule is CC(C)(C)S(=O)(=O)CCNc1c(F)c(F)cc(F)c1F. The lowest BCUT2D eigenvalue weighted by atomic mass is 10.2. The van der Waals surface area contributed by atoms with Crippen molar-refractivity contribution >= 4 is 15.5 Å². The number of nitrogens with one attached hydrogen (secondary N) is 1. The molecule has 8 heteroatoms. The van der Waals surface area contributed by atoms with E-state index in [1.807, 2.05) is 0 Å². The van der Waals surface area contributed by atoms with Crippen LogP contribution in [0.4, 0.5) is 23.2 Å². The van der Waals surface area contributed by atoms with Crippen LogP contribution < -0.4 is 5.32 Å². The molecular weight excluding hydrogens is 298 g/mol. The normalized spacial score (nSPS) is 12.6. The van der Waals surface area contributed by atoms with Crippen molar-refractivity contribution in [3.63, 3.8) is 0 Å². The van der Waals surface area contributed by atoms with Crippen LogP contribution in [0.25, 0.3) is 0 Å². The second-order valence-corrected chi connectivity index (χ2v) is 8.06. The third-order valence-corrected chi connectivity index (χ3v) is 5.32. The monoisotopic (exact) mass is 313 g/mol. The van der Waals surface area contributed by atoms with Crippen molar-refractivity contribution in [2.24, 2.45) is 0 Å². The Hall–Kier alpha value is -1.31. The van der Waals surface area contributed by atoms with E-state index < -0.39 is 49.3 Å². The van der Waals surface area contributed by atoms with Crippen LogP contribution >= 0.6 is 0 Å². The van der Waals surface area contributed by atoms with Gasteiger partial charge in [0.1, 0.15) is 5.69 Å². The van der Waals surface area contributed by atoms with Crippen LogP contribution in [0.2, 0.25) is 0 Å². The first-order valence-electron chi connectivity index (χ1n) is 5.76. The first-order valence-corrected chi connectivity index (χ1v) is 7.42. The predicted molar refractivity (Wildman–Crippen MR) is 68.3 cm³/mol. The zero-order valence-electron chi connectivity index (χ0n) is 11.2. The lowest BCUT2D eigenvalue weighted by Crippen LogP contribution is -2.33. The van der Waals surface area contributed by atoms with E-state index in [2.05, 4.69) is 5.32 Å². The van der Waals surface area contributed by atoms with Crippen molar-refractivity contribution in [2.75, 3.05) is 17.6 Å². The van der Waals surface area contributed by atoms with Gasteiger partial charge in [0.2, 0.25) is 0 Å². The van der Waals surface area contributed by atoms with Gasteiger partial charge in [0.25, 0.3) is 0 Å². The fourth-order valence-electron chi connectivity index (χ4n) is 1.34. The van der Waals surface area contributed by atoms with Crippen LogP contribution in [-0.4, -0.2) is 25.5 Å². The van der Waals surface area contributed by atoms with Gasteiger partial charge in [-0.25, -0.2) is 26.0 Å². The maximum absolute atomic E-state index is 13.3. The van der Waals surface area contributed by atoms with E-state index in [9.17, 15) is 26.0 Å². The zero-order chi connectivity index (χ0) is 15.7. The van der Waals surface area contributed by atoms with Crippen molar-refractivity contribution in [1.82, 2.24) is 0 Å². The van der Waals surface area contributed by atoms with E-state index in [-0.39, 0.29) is 12.6 Å². The molecule has 0 spiro atoms. The highest BCUT2D eigenvalue weighted by molar-refractivity contribution is 7.92. The number of benzene rings is 1. The Morgan fingerprint density at radius 3 is 1.90 bits per heavy atom. The molecule has 0 heterocycles. The number of rotatable bonds is 4. The molecule has 0 saturated carbocycles. The molecule has 20 heavy (non-hydrogen) atoms. The summed E-state index contributed by atoms with van der Waals surface area (Å²) < 4.78 is 75.0. The summed E-state index contributed by atoms with van der Waals surface area (Å²) in [7, 11) is -3.51. The van der Waals surface area contributed by atoms with Crippen LogP contribution in [0.5, 0.6) is 0 Å². The zero-order valence-corrected chi connectivity index (χ0v) is 12.0. The molecule has 0 radical (unpaired) electrons. The van der Waals surface area contributed by atoms with Gasteiger partial charge in [-0.2, -0.15) is 0 Å². The molecule has 1 rings (SSSR count). The molecule has 0 aliphatic rings. The van der Waals surface area contributed by atoms with Gasteiger partial charge in [0.05, 0.1) is 10.5 Å². The van der Waals surface area contributed by atoms with Crippen molar-refractivity contribution in [1.29, 1.82) is 0 Å². The van der Waals surface area contributed by atoms with Crippen molar-refractivity contribution in [3.05, 3.63) is 29.3 Å². The highest BCUT2D eigenvalue weighted by Gasteiger charge is 2.28. The van der Waals surface area contributed by atoms with Crippen LogP contribution in [-0.2, 0) is 9.84 Å². The molecule has 0 bridgehead atoms. The fourth-order valence-corrected chi connectivity index (χ4v) is 2.33. The van der Waals surface area contributed by atoms with Gasteiger partial charge < -0.3 is 5.32 Å². The summed E-state index contributed by atoms with van der Waals surface area (Å²) in [6.45, 7) is 4.07. The molecule has 0 saturated heterocycles. The minimum atomic E-state index is -3.51. The summed E-state index contributed by atoms with van der Waals surface area (Å²) in [6, 6.07) is 0.0851. The molecule has 114 valence electrons. The third-order valence-electron chi connectivity index (χ3n) is 2.72. The lowest BCUT2D eigenvalue weighted by molar-refractivity contribution is 0.458. The maximum Gasteiger partial charge on any atom is 0.185 e. The molecule has 0 fully saturated rings. The lowest BCUT2D eigenvalue weighted by Gasteiger charge is -2.19. The Morgan fingerprint density at radius 2 is 1.50 bits per heavy atom. The number of halogens is 4. The fraction of sp³-hybridized carbons (Fsp3) is 0.500. The van der Waals surface area contributed by atoms with Gasteiger partial charge in [-0.15, -0.1) is 0 Å². The average molecular weight is 313 g/mol. The molecule has 0 aliphatic carbocycles. The van der Waals surface area contributed by atoms with E-state index in [4.69, 9.17) is 0 Å². The summed E-state index contributed by atoms with van der Waals surface area (Å²) in [5, 5.41) is 2.08. The number of hydrogen-bond acceptors (Lipinski definition) is 3. The van der Waals surface area contributed by atoms with Gasteiger partial charge in [-0.3, -0.25) is 0 Å². The maximum atomic E-state index is 13.3. The highest BCUT2D eigenvalue weighted by atomic mass is 32.2. The Labute approximate surface area is 114 Å². The van der Waals surface area contributed by atoms with Crippen molar-refractivity contribution in [3.8, 4) is 0 Å². The largest absolute Gasteiger partial charge is 0.379 e. The minimum absolute atomic E-state index is 0.0851. The summed E-state index contributed by atoms with van der Waals surface area (Å²) in [5.41, 5.74) is -1.01. The van der Waals surface area contributed by atoms with E-state index >= 15 is 0 Å². The van der Waals surface area contributed by atoms with Crippen LogP contribution in [0.15, 0.2) is 6.07 Å². The Morgan fingerprint density at radius 1 is 1.05 bits per heavy atom.